The van der Waals surface area contributed by atoms with E-state index in [-0.39, 0.29) is 12.6 Å². The van der Waals surface area contributed by atoms with Gasteiger partial charge in [0, 0.05) is 37.3 Å². The maximum absolute atomic E-state index is 12.0. The second-order valence-electron chi connectivity index (χ2n) is 5.34. The molecule has 19 heavy (non-hydrogen) atoms. The Bertz CT molecular complexity index is 546. The molecule has 2 N–H and O–H groups in total. The lowest BCUT2D eigenvalue weighted by molar-refractivity contribution is 0.201. The molecule has 1 saturated heterocycles. The van der Waals surface area contributed by atoms with E-state index in [9.17, 15) is 8.42 Å². The van der Waals surface area contributed by atoms with Gasteiger partial charge in [0.15, 0.2) is 0 Å². The number of hydrogen-bond donors (Lipinski definition) is 2. The number of aliphatic hydroxyl groups is 1. The lowest BCUT2D eigenvalue weighted by Crippen LogP contribution is -2.48. The van der Waals surface area contributed by atoms with Crippen molar-refractivity contribution >= 4 is 15.7 Å². The lowest BCUT2D eigenvalue weighted by Gasteiger charge is -2.40. The van der Waals surface area contributed by atoms with Gasteiger partial charge < -0.3 is 10.0 Å². The van der Waals surface area contributed by atoms with Gasteiger partial charge in [-0.2, -0.15) is 0 Å². The van der Waals surface area contributed by atoms with E-state index in [2.05, 4.69) is 9.62 Å². The molecule has 0 unspecified atom stereocenters. The van der Waals surface area contributed by atoms with Crippen LogP contribution in [0.3, 0.4) is 0 Å². The summed E-state index contributed by atoms with van der Waals surface area (Å²) >= 11 is 0. The number of benzene rings is 1. The number of sulfonamides is 1. The molecule has 1 saturated carbocycles. The number of aliphatic hydroxyl groups excluding tert-OH is 1. The van der Waals surface area contributed by atoms with Gasteiger partial charge in [-0.1, -0.05) is 0 Å². The van der Waals surface area contributed by atoms with Crippen LogP contribution in [0.15, 0.2) is 29.2 Å². The lowest BCUT2D eigenvalue weighted by atomic mass is 10.0. The van der Waals surface area contributed by atoms with Crippen molar-refractivity contribution < 1.29 is 13.5 Å². The Morgan fingerprint density at radius 2 is 1.84 bits per heavy atom. The third kappa shape index (κ3) is 2.75. The quantitative estimate of drug-likeness (QED) is 0.828. The smallest absolute Gasteiger partial charge is 0.240 e. The molecular weight excluding hydrogens is 264 g/mol. The fourth-order valence-corrected chi connectivity index (χ4v) is 3.53. The van der Waals surface area contributed by atoms with Crippen molar-refractivity contribution in [3.8, 4) is 0 Å². The van der Waals surface area contributed by atoms with E-state index in [0.29, 0.717) is 10.8 Å². The Labute approximate surface area is 113 Å². The fourth-order valence-electron chi connectivity index (χ4n) is 2.22. The molecule has 0 atom stereocenters. The summed E-state index contributed by atoms with van der Waals surface area (Å²) in [5.41, 5.74) is 1.01. The van der Waals surface area contributed by atoms with Gasteiger partial charge in [0.05, 0.1) is 4.90 Å². The van der Waals surface area contributed by atoms with Crippen molar-refractivity contribution in [2.75, 3.05) is 24.6 Å². The molecular formula is C13H18N2O3S. The molecule has 1 aliphatic carbocycles. The zero-order valence-electron chi connectivity index (χ0n) is 10.6. The van der Waals surface area contributed by atoms with Gasteiger partial charge in [0.2, 0.25) is 10.0 Å². The molecule has 0 bridgehead atoms. The highest BCUT2D eigenvalue weighted by Gasteiger charge is 2.29. The van der Waals surface area contributed by atoms with Gasteiger partial charge in [-0.25, -0.2) is 13.1 Å². The van der Waals surface area contributed by atoms with Crippen molar-refractivity contribution in [3.05, 3.63) is 24.3 Å². The minimum Gasteiger partial charge on any atom is -0.396 e. The Kier molecular flexibility index (Phi) is 3.24. The van der Waals surface area contributed by atoms with Crippen LogP contribution in [-0.2, 0) is 10.0 Å². The third-order valence-corrected chi connectivity index (χ3v) is 5.16. The van der Waals surface area contributed by atoms with Crippen molar-refractivity contribution in [1.82, 2.24) is 4.72 Å². The van der Waals surface area contributed by atoms with Crippen LogP contribution in [0.4, 0.5) is 5.69 Å². The van der Waals surface area contributed by atoms with Crippen molar-refractivity contribution in [3.63, 3.8) is 0 Å². The van der Waals surface area contributed by atoms with Gasteiger partial charge in [-0.05, 0) is 37.1 Å². The maximum atomic E-state index is 12.0. The Hall–Kier alpha value is -1.11. The molecule has 3 rings (SSSR count). The first kappa shape index (κ1) is 12.9. The van der Waals surface area contributed by atoms with Gasteiger partial charge in [-0.15, -0.1) is 0 Å². The highest BCUT2D eigenvalue weighted by Crippen LogP contribution is 2.26. The molecule has 1 aromatic rings. The Balaban J connectivity index is 1.68. The van der Waals surface area contributed by atoms with Crippen LogP contribution in [0.2, 0.25) is 0 Å². The van der Waals surface area contributed by atoms with Crippen LogP contribution < -0.4 is 9.62 Å². The van der Waals surface area contributed by atoms with E-state index in [0.717, 1.165) is 31.6 Å². The average molecular weight is 282 g/mol. The van der Waals surface area contributed by atoms with Gasteiger partial charge >= 0.3 is 0 Å². The zero-order chi connectivity index (χ0) is 13.5. The molecule has 0 radical (unpaired) electrons. The predicted molar refractivity (Wildman–Crippen MR) is 72.6 cm³/mol. The second-order valence-corrected chi connectivity index (χ2v) is 7.06. The second kappa shape index (κ2) is 4.77. The molecule has 0 spiro atoms. The number of rotatable bonds is 5. The minimum atomic E-state index is -3.35. The maximum Gasteiger partial charge on any atom is 0.240 e. The van der Waals surface area contributed by atoms with E-state index in [4.69, 9.17) is 5.11 Å². The summed E-state index contributed by atoms with van der Waals surface area (Å²) < 4.78 is 26.6. The van der Waals surface area contributed by atoms with E-state index >= 15 is 0 Å². The minimum absolute atomic E-state index is 0.130. The van der Waals surface area contributed by atoms with Crippen LogP contribution in [0.5, 0.6) is 0 Å². The monoisotopic (exact) mass is 282 g/mol. The van der Waals surface area contributed by atoms with Gasteiger partial charge in [-0.3, -0.25) is 0 Å². The average Bonchev–Trinajstić information content (AvgIpc) is 3.12. The van der Waals surface area contributed by atoms with E-state index in [1.165, 1.54) is 0 Å². The summed E-state index contributed by atoms with van der Waals surface area (Å²) in [6, 6.07) is 7.08. The summed E-state index contributed by atoms with van der Waals surface area (Å²) in [7, 11) is -3.35. The summed E-state index contributed by atoms with van der Waals surface area (Å²) in [6.45, 7) is 1.89. The van der Waals surface area contributed by atoms with E-state index in [1.54, 1.807) is 12.1 Å². The number of hydrogen-bond acceptors (Lipinski definition) is 4. The standard InChI is InChI=1S/C13H18N2O3S/c16-9-10-7-15(8-10)12-3-5-13(6-4-12)19(17,18)14-11-1-2-11/h3-6,10-11,14,16H,1-2,7-9H2. The SMILES string of the molecule is O=S(=O)(NC1CC1)c1ccc(N2CC(CO)C2)cc1. The van der Waals surface area contributed by atoms with Crippen LogP contribution in [0.25, 0.3) is 0 Å². The zero-order valence-corrected chi connectivity index (χ0v) is 11.4. The summed E-state index contributed by atoms with van der Waals surface area (Å²) in [4.78, 5) is 2.45. The number of anilines is 1. The molecule has 104 valence electrons. The van der Waals surface area contributed by atoms with Crippen molar-refractivity contribution in [2.24, 2.45) is 5.92 Å². The molecule has 0 amide bonds. The topological polar surface area (TPSA) is 69.6 Å². The van der Waals surface area contributed by atoms with Crippen molar-refractivity contribution in [2.45, 2.75) is 23.8 Å². The first-order chi connectivity index (χ1) is 9.08. The Morgan fingerprint density at radius 3 is 2.37 bits per heavy atom. The highest BCUT2D eigenvalue weighted by molar-refractivity contribution is 7.89. The predicted octanol–water partition coefficient (Wildman–Crippen LogP) is 0.556. The molecule has 2 aliphatic rings. The first-order valence-corrected chi connectivity index (χ1v) is 8.05. The summed E-state index contributed by atoms with van der Waals surface area (Å²) in [6.07, 6.45) is 1.88. The summed E-state index contributed by atoms with van der Waals surface area (Å²) in [5, 5.41) is 8.98. The third-order valence-electron chi connectivity index (χ3n) is 3.63. The summed E-state index contributed by atoms with van der Waals surface area (Å²) in [5.74, 6) is 0.347. The van der Waals surface area contributed by atoms with Crippen LogP contribution in [0.1, 0.15) is 12.8 Å². The highest BCUT2D eigenvalue weighted by atomic mass is 32.2. The van der Waals surface area contributed by atoms with Crippen molar-refractivity contribution in [1.29, 1.82) is 0 Å². The Morgan fingerprint density at radius 1 is 1.21 bits per heavy atom. The van der Waals surface area contributed by atoms with Crippen LogP contribution >= 0.6 is 0 Å². The van der Waals surface area contributed by atoms with Crippen LogP contribution in [0, 0.1) is 5.92 Å². The van der Waals surface area contributed by atoms with Gasteiger partial charge in [0.25, 0.3) is 0 Å². The molecule has 2 fully saturated rings. The fraction of sp³-hybridized carbons (Fsp3) is 0.538. The molecule has 6 heteroatoms. The van der Waals surface area contributed by atoms with Gasteiger partial charge in [0.1, 0.15) is 0 Å². The molecule has 1 aliphatic heterocycles. The molecule has 1 aromatic carbocycles. The molecule has 5 nitrogen and oxygen atoms in total. The number of nitrogens with zero attached hydrogens (tertiary/aromatic N) is 1. The largest absolute Gasteiger partial charge is 0.396 e. The van der Waals surface area contributed by atoms with Crippen LogP contribution in [-0.4, -0.2) is 39.3 Å². The van der Waals surface area contributed by atoms with E-state index < -0.39 is 10.0 Å². The molecule has 1 heterocycles. The first-order valence-electron chi connectivity index (χ1n) is 6.57. The molecule has 0 aromatic heterocycles. The number of nitrogens with one attached hydrogen (secondary N) is 1. The van der Waals surface area contributed by atoms with E-state index in [1.807, 2.05) is 12.1 Å². The normalized spacial score (nSPS) is 20.4.